The van der Waals surface area contributed by atoms with Crippen molar-refractivity contribution in [2.75, 3.05) is 13.1 Å². The molecule has 0 unspecified atom stereocenters. The number of likely N-dealkylation sites (tertiary alicyclic amines) is 1. The number of hydrogen-bond acceptors (Lipinski definition) is 5. The fraction of sp³-hybridized carbons (Fsp3) is 0.640. The van der Waals surface area contributed by atoms with Crippen LogP contribution in [-0.2, 0) is 17.9 Å². The third kappa shape index (κ3) is 3.92. The Balaban J connectivity index is 1.26. The van der Waals surface area contributed by atoms with Gasteiger partial charge in [0.2, 0.25) is 5.91 Å². The molecule has 0 bridgehead atoms. The van der Waals surface area contributed by atoms with Crippen LogP contribution in [0, 0.1) is 5.41 Å². The van der Waals surface area contributed by atoms with Gasteiger partial charge in [-0.15, -0.1) is 10.2 Å². The predicted molar refractivity (Wildman–Crippen MR) is 126 cm³/mol. The van der Waals surface area contributed by atoms with Crippen LogP contribution in [0.5, 0.6) is 0 Å². The smallest absolute Gasteiger partial charge is 0.380 e. The molecule has 11 heteroatoms. The van der Waals surface area contributed by atoms with Gasteiger partial charge in [0, 0.05) is 54.9 Å². The highest BCUT2D eigenvalue weighted by Crippen LogP contribution is 2.49. The van der Waals surface area contributed by atoms with Gasteiger partial charge in [0.1, 0.15) is 5.82 Å². The van der Waals surface area contributed by atoms with E-state index in [0.717, 1.165) is 42.8 Å². The predicted octanol–water partition coefficient (Wildman–Crippen LogP) is 4.20. The molecule has 1 aromatic heterocycles. The molecule has 3 heterocycles. The Morgan fingerprint density at radius 3 is 2.47 bits per heavy atom. The van der Waals surface area contributed by atoms with Gasteiger partial charge >= 0.3 is 6.18 Å². The third-order valence-corrected chi connectivity index (χ3v) is 8.84. The van der Waals surface area contributed by atoms with E-state index >= 15 is 0 Å². The van der Waals surface area contributed by atoms with E-state index in [4.69, 9.17) is 11.6 Å². The van der Waals surface area contributed by atoms with Crippen molar-refractivity contribution in [3.8, 4) is 5.69 Å². The van der Waals surface area contributed by atoms with E-state index in [1.165, 1.54) is 0 Å². The zero-order chi connectivity index (χ0) is 25.5. The summed E-state index contributed by atoms with van der Waals surface area (Å²) in [7, 11) is 0. The van der Waals surface area contributed by atoms with Gasteiger partial charge in [-0.3, -0.25) is 14.3 Å². The number of alkyl halides is 3. The van der Waals surface area contributed by atoms with E-state index in [2.05, 4.69) is 10.2 Å². The fourth-order valence-corrected chi connectivity index (χ4v) is 6.10. The molecule has 1 saturated heterocycles. The second-order valence-corrected chi connectivity index (χ2v) is 11.6. The minimum Gasteiger partial charge on any atom is -0.380 e. The van der Waals surface area contributed by atoms with Crippen molar-refractivity contribution in [1.82, 2.24) is 24.6 Å². The topological polar surface area (TPSA) is 74.5 Å². The fourth-order valence-electron chi connectivity index (χ4n) is 5.91. The lowest BCUT2D eigenvalue weighted by atomic mass is 9.74. The van der Waals surface area contributed by atoms with E-state index in [0.29, 0.717) is 37.0 Å². The standard InChI is InChI=1S/C25H29ClF3N5O2/c1-23(6-7-23)22(35)32-8-4-15(5-9-32)21-31-30-20-14-33(18-11-24(36,12-18)25(27,28)29)13-16-10-17(26)2-3-19(16)34(20)21/h2-3,10,15,18,36H,4-9,11-14H2,1H3. The van der Waals surface area contributed by atoms with Crippen molar-refractivity contribution in [2.24, 2.45) is 5.41 Å². The third-order valence-electron chi connectivity index (χ3n) is 8.61. The van der Waals surface area contributed by atoms with Gasteiger partial charge < -0.3 is 10.0 Å². The summed E-state index contributed by atoms with van der Waals surface area (Å²) in [5.74, 6) is 1.85. The number of aromatic nitrogens is 3. The molecular formula is C25H29ClF3N5O2. The average molecular weight is 524 g/mol. The zero-order valence-corrected chi connectivity index (χ0v) is 20.8. The van der Waals surface area contributed by atoms with E-state index in [-0.39, 0.29) is 30.1 Å². The van der Waals surface area contributed by atoms with Crippen molar-refractivity contribution in [3.63, 3.8) is 0 Å². The number of rotatable bonds is 3. The lowest BCUT2D eigenvalue weighted by Gasteiger charge is -2.48. The Morgan fingerprint density at radius 1 is 1.14 bits per heavy atom. The van der Waals surface area contributed by atoms with Crippen molar-refractivity contribution >= 4 is 17.5 Å². The van der Waals surface area contributed by atoms with E-state index in [1.807, 2.05) is 33.4 Å². The van der Waals surface area contributed by atoms with Crippen LogP contribution < -0.4 is 0 Å². The van der Waals surface area contributed by atoms with Crippen LogP contribution in [0.4, 0.5) is 13.2 Å². The van der Waals surface area contributed by atoms with Gasteiger partial charge in [0.15, 0.2) is 11.4 Å². The second kappa shape index (κ2) is 8.16. The maximum atomic E-state index is 13.3. The Hall–Kier alpha value is -2.17. The molecule has 6 rings (SSSR count). The number of aliphatic hydroxyl groups is 1. The highest BCUT2D eigenvalue weighted by molar-refractivity contribution is 6.30. The summed E-state index contributed by atoms with van der Waals surface area (Å²) >= 11 is 6.30. The summed E-state index contributed by atoms with van der Waals surface area (Å²) < 4.78 is 41.8. The summed E-state index contributed by atoms with van der Waals surface area (Å²) in [4.78, 5) is 16.7. The Bertz CT molecular complexity index is 1200. The summed E-state index contributed by atoms with van der Waals surface area (Å²) in [5.41, 5.74) is -1.05. The van der Waals surface area contributed by atoms with Crippen molar-refractivity contribution in [1.29, 1.82) is 0 Å². The molecule has 2 aliphatic carbocycles. The first-order valence-electron chi connectivity index (χ1n) is 12.5. The van der Waals surface area contributed by atoms with Gasteiger partial charge in [-0.2, -0.15) is 13.2 Å². The number of benzene rings is 1. The molecule has 2 saturated carbocycles. The summed E-state index contributed by atoms with van der Waals surface area (Å²) in [6.07, 6.45) is -1.88. The summed E-state index contributed by atoms with van der Waals surface area (Å²) in [5, 5.41) is 19.6. The monoisotopic (exact) mass is 523 g/mol. The number of nitrogens with zero attached hydrogens (tertiary/aromatic N) is 5. The maximum Gasteiger partial charge on any atom is 0.417 e. The maximum absolute atomic E-state index is 13.3. The Kier molecular flexibility index (Phi) is 5.48. The van der Waals surface area contributed by atoms with Crippen LogP contribution in [0.25, 0.3) is 5.69 Å². The highest BCUT2D eigenvalue weighted by atomic mass is 35.5. The number of amides is 1. The largest absolute Gasteiger partial charge is 0.417 e. The van der Waals surface area contributed by atoms with Gasteiger partial charge in [-0.1, -0.05) is 18.5 Å². The van der Waals surface area contributed by atoms with Crippen LogP contribution >= 0.6 is 11.6 Å². The van der Waals surface area contributed by atoms with Gasteiger partial charge in [0.25, 0.3) is 0 Å². The van der Waals surface area contributed by atoms with Crippen molar-refractivity contribution < 1.29 is 23.1 Å². The zero-order valence-electron chi connectivity index (χ0n) is 20.1. The van der Waals surface area contributed by atoms with Gasteiger partial charge in [-0.25, -0.2) is 0 Å². The first-order chi connectivity index (χ1) is 17.0. The Labute approximate surface area is 212 Å². The van der Waals surface area contributed by atoms with Gasteiger partial charge in [0.05, 0.1) is 12.2 Å². The SMILES string of the molecule is CC1(C(=O)N2CCC(c3nnc4n3-c3ccc(Cl)cc3CN(C3CC(O)(C(F)(F)F)C3)C4)CC2)CC1. The number of halogens is 4. The molecule has 0 radical (unpaired) electrons. The van der Waals surface area contributed by atoms with Crippen LogP contribution in [0.3, 0.4) is 0 Å². The molecule has 3 fully saturated rings. The normalized spacial score (nSPS) is 28.2. The number of carbonyl (C=O) groups is 1. The van der Waals surface area contributed by atoms with Crippen LogP contribution in [0.15, 0.2) is 18.2 Å². The second-order valence-electron chi connectivity index (χ2n) is 11.2. The molecule has 36 heavy (non-hydrogen) atoms. The number of hydrogen-bond donors (Lipinski definition) is 1. The Morgan fingerprint density at radius 2 is 1.83 bits per heavy atom. The molecule has 0 atom stereocenters. The molecule has 1 N–H and O–H groups in total. The molecule has 0 spiro atoms. The summed E-state index contributed by atoms with van der Waals surface area (Å²) in [6.45, 7) is 4.12. The molecular weight excluding hydrogens is 495 g/mol. The average Bonchev–Trinajstić information content (AvgIpc) is 3.47. The minimum absolute atomic E-state index is 0.122. The molecule has 2 aromatic rings. The van der Waals surface area contributed by atoms with Crippen molar-refractivity contribution in [2.45, 2.75) is 82.3 Å². The summed E-state index contributed by atoms with van der Waals surface area (Å²) in [6, 6.07) is 5.13. The van der Waals surface area contributed by atoms with E-state index in [1.54, 1.807) is 6.07 Å². The number of fused-ring (bicyclic) bond motifs is 3. The molecule has 1 aromatic carbocycles. The first kappa shape index (κ1) is 24.2. The first-order valence-corrected chi connectivity index (χ1v) is 12.9. The molecule has 194 valence electrons. The number of piperidine rings is 1. The van der Waals surface area contributed by atoms with Crippen LogP contribution in [0.1, 0.15) is 68.6 Å². The molecule has 4 aliphatic rings. The molecule has 2 aliphatic heterocycles. The van der Waals surface area contributed by atoms with Crippen LogP contribution in [0.2, 0.25) is 5.02 Å². The highest BCUT2D eigenvalue weighted by Gasteiger charge is 2.62. The van der Waals surface area contributed by atoms with E-state index < -0.39 is 17.8 Å². The van der Waals surface area contributed by atoms with Crippen LogP contribution in [-0.4, -0.2) is 66.5 Å². The lowest BCUT2D eigenvalue weighted by Crippen LogP contribution is -2.61. The van der Waals surface area contributed by atoms with E-state index in [9.17, 15) is 23.1 Å². The lowest BCUT2D eigenvalue weighted by molar-refractivity contribution is -0.300. The van der Waals surface area contributed by atoms with Gasteiger partial charge in [-0.05, 0) is 49.4 Å². The molecule has 1 amide bonds. The number of carbonyl (C=O) groups excluding carboxylic acids is 1. The molecule has 7 nitrogen and oxygen atoms in total. The minimum atomic E-state index is -4.64. The quantitative estimate of drug-likeness (QED) is 0.653. The van der Waals surface area contributed by atoms with Crippen molar-refractivity contribution in [3.05, 3.63) is 40.4 Å².